The molecule has 0 spiro atoms. The van der Waals surface area contributed by atoms with Crippen molar-refractivity contribution in [3.63, 3.8) is 0 Å². The normalized spacial score (nSPS) is 52.9. The monoisotopic (exact) mass is 408 g/mol. The van der Waals surface area contributed by atoms with Crippen molar-refractivity contribution in [3.05, 3.63) is 0 Å². The zero-order valence-corrected chi connectivity index (χ0v) is 18.3. The number of aliphatic carboxylic acids is 1. The molecule has 0 radical (unpaired) electrons. The molecule has 5 heteroatoms. The van der Waals surface area contributed by atoms with Crippen LogP contribution in [0.15, 0.2) is 0 Å². The van der Waals surface area contributed by atoms with Crippen molar-refractivity contribution in [3.8, 4) is 0 Å². The Labute approximate surface area is 174 Å². The van der Waals surface area contributed by atoms with Gasteiger partial charge in [-0.1, -0.05) is 20.8 Å². The molecule has 29 heavy (non-hydrogen) atoms. The van der Waals surface area contributed by atoms with Crippen LogP contribution in [-0.4, -0.2) is 44.7 Å². The van der Waals surface area contributed by atoms with E-state index in [4.69, 9.17) is 5.11 Å². The van der Waals surface area contributed by atoms with E-state index in [1.807, 2.05) is 0 Å². The van der Waals surface area contributed by atoms with Crippen LogP contribution in [-0.2, 0) is 4.79 Å². The summed E-state index contributed by atoms with van der Waals surface area (Å²) in [5.74, 6) is 0.997. The van der Waals surface area contributed by atoms with E-state index in [0.29, 0.717) is 30.1 Å². The number of rotatable bonds is 4. The number of carboxylic acid groups (broad SMARTS) is 1. The fourth-order valence-corrected chi connectivity index (χ4v) is 8.68. The Morgan fingerprint density at radius 3 is 2.45 bits per heavy atom. The Hall–Kier alpha value is -0.650. The van der Waals surface area contributed by atoms with Gasteiger partial charge in [0.2, 0.25) is 0 Å². The van der Waals surface area contributed by atoms with Gasteiger partial charge < -0.3 is 20.4 Å². The van der Waals surface area contributed by atoms with Gasteiger partial charge in [-0.3, -0.25) is 4.79 Å². The van der Waals surface area contributed by atoms with Gasteiger partial charge in [0.25, 0.3) is 0 Å². The van der Waals surface area contributed by atoms with E-state index in [1.165, 1.54) is 0 Å². The summed E-state index contributed by atoms with van der Waals surface area (Å²) in [5, 5.41) is 42.0. The molecule has 5 nitrogen and oxygen atoms in total. The van der Waals surface area contributed by atoms with Gasteiger partial charge >= 0.3 is 5.97 Å². The number of carboxylic acids is 1. The molecule has 0 aromatic rings. The van der Waals surface area contributed by atoms with Crippen molar-refractivity contribution in [2.75, 3.05) is 0 Å². The van der Waals surface area contributed by atoms with Crippen molar-refractivity contribution in [2.24, 2.45) is 46.3 Å². The lowest BCUT2D eigenvalue weighted by atomic mass is 9.43. The highest BCUT2D eigenvalue weighted by Gasteiger charge is 2.65. The fraction of sp³-hybridized carbons (Fsp3) is 0.958. The van der Waals surface area contributed by atoms with Gasteiger partial charge in [-0.25, -0.2) is 0 Å². The summed E-state index contributed by atoms with van der Waals surface area (Å²) in [4.78, 5) is 11.1. The molecule has 0 aliphatic heterocycles. The van der Waals surface area contributed by atoms with Crippen molar-refractivity contribution in [1.82, 2.24) is 0 Å². The van der Waals surface area contributed by atoms with Gasteiger partial charge in [0.05, 0.1) is 18.3 Å². The van der Waals surface area contributed by atoms with Crippen LogP contribution in [0.3, 0.4) is 0 Å². The van der Waals surface area contributed by atoms with Crippen LogP contribution in [0, 0.1) is 46.3 Å². The molecule has 3 unspecified atom stereocenters. The summed E-state index contributed by atoms with van der Waals surface area (Å²) < 4.78 is 0. The van der Waals surface area contributed by atoms with Crippen molar-refractivity contribution in [1.29, 1.82) is 0 Å². The second-order valence-electron chi connectivity index (χ2n) is 11.4. The molecule has 4 N–H and O–H groups in total. The lowest BCUT2D eigenvalue weighted by molar-refractivity contribution is -0.207. The summed E-state index contributed by atoms with van der Waals surface area (Å²) in [7, 11) is 0. The van der Waals surface area contributed by atoms with Gasteiger partial charge in [0, 0.05) is 6.42 Å². The van der Waals surface area contributed by atoms with Gasteiger partial charge in [0.15, 0.2) is 0 Å². The molecule has 0 aromatic carbocycles. The van der Waals surface area contributed by atoms with Gasteiger partial charge in [-0.05, 0) is 97.7 Å². The maximum Gasteiger partial charge on any atom is 0.303 e. The Bertz CT molecular complexity index is 637. The third-order valence-corrected chi connectivity index (χ3v) is 10.3. The molecule has 4 rings (SSSR count). The van der Waals surface area contributed by atoms with Crippen molar-refractivity contribution >= 4 is 5.97 Å². The minimum absolute atomic E-state index is 0.0957. The van der Waals surface area contributed by atoms with E-state index in [-0.39, 0.29) is 41.3 Å². The molecule has 0 heterocycles. The second kappa shape index (κ2) is 7.49. The first-order chi connectivity index (χ1) is 13.6. The zero-order chi connectivity index (χ0) is 21.1. The van der Waals surface area contributed by atoms with Crippen LogP contribution in [0.1, 0.15) is 78.6 Å². The molecule has 0 bridgehead atoms. The second-order valence-corrected chi connectivity index (χ2v) is 11.4. The average Bonchev–Trinajstić information content (AvgIpc) is 3.01. The summed E-state index contributed by atoms with van der Waals surface area (Å²) >= 11 is 0. The van der Waals surface area contributed by atoms with Crippen LogP contribution >= 0.6 is 0 Å². The molecular formula is C24H40O5. The van der Waals surface area contributed by atoms with Crippen molar-refractivity contribution < 1.29 is 25.2 Å². The van der Waals surface area contributed by atoms with E-state index in [1.54, 1.807) is 0 Å². The summed E-state index contributed by atoms with van der Waals surface area (Å²) in [5.41, 5.74) is -0.143. The van der Waals surface area contributed by atoms with Crippen LogP contribution in [0.25, 0.3) is 0 Å². The third-order valence-electron chi connectivity index (χ3n) is 10.3. The predicted octanol–water partition coefficient (Wildman–Crippen LogP) is 3.45. The minimum atomic E-state index is -0.748. The molecule has 4 saturated carbocycles. The minimum Gasteiger partial charge on any atom is -0.481 e. The third kappa shape index (κ3) is 3.27. The van der Waals surface area contributed by atoms with Crippen LogP contribution in [0.5, 0.6) is 0 Å². The fourth-order valence-electron chi connectivity index (χ4n) is 8.68. The van der Waals surface area contributed by atoms with Crippen LogP contribution in [0.2, 0.25) is 0 Å². The molecule has 0 saturated heterocycles. The van der Waals surface area contributed by atoms with E-state index in [0.717, 1.165) is 44.9 Å². The van der Waals surface area contributed by atoms with E-state index in [2.05, 4.69) is 20.8 Å². The van der Waals surface area contributed by atoms with Crippen LogP contribution in [0.4, 0.5) is 0 Å². The van der Waals surface area contributed by atoms with Crippen LogP contribution < -0.4 is 0 Å². The Kier molecular flexibility index (Phi) is 5.57. The molecule has 4 aliphatic rings. The first kappa shape index (κ1) is 21.6. The Morgan fingerprint density at radius 1 is 1.03 bits per heavy atom. The lowest BCUT2D eigenvalue weighted by Gasteiger charge is -2.63. The van der Waals surface area contributed by atoms with Gasteiger partial charge in [-0.2, -0.15) is 0 Å². The summed E-state index contributed by atoms with van der Waals surface area (Å²) in [6.07, 6.45) is 6.00. The lowest BCUT2D eigenvalue weighted by Crippen LogP contribution is -2.62. The number of fused-ring (bicyclic) bond motifs is 5. The first-order valence-electron chi connectivity index (χ1n) is 11.8. The smallest absolute Gasteiger partial charge is 0.303 e. The summed E-state index contributed by atoms with van der Waals surface area (Å²) in [6, 6.07) is 0. The highest BCUT2D eigenvalue weighted by molar-refractivity contribution is 5.66. The topological polar surface area (TPSA) is 98.0 Å². The molecule has 4 fully saturated rings. The number of aliphatic hydroxyl groups excluding tert-OH is 3. The molecular weight excluding hydrogens is 368 g/mol. The number of hydrogen-bond donors (Lipinski definition) is 4. The van der Waals surface area contributed by atoms with Gasteiger partial charge in [-0.15, -0.1) is 0 Å². The number of carbonyl (C=O) groups is 1. The number of aliphatic hydroxyl groups is 3. The maximum absolute atomic E-state index is 11.5. The summed E-state index contributed by atoms with van der Waals surface area (Å²) in [6.45, 7) is 6.72. The molecule has 0 amide bonds. The SMILES string of the molecule is C[C@H](CCC(=O)O)[C@H]1CC[C@H]2C3C(O)C[C@@H]4C[C@@H](O)CC[C@]4(C)C3C[C@H](O)[C@]12C. The highest BCUT2D eigenvalue weighted by Crippen LogP contribution is 2.68. The van der Waals surface area contributed by atoms with Crippen molar-refractivity contribution in [2.45, 2.75) is 96.9 Å². The quantitative estimate of drug-likeness (QED) is 0.571. The maximum atomic E-state index is 11.5. The average molecular weight is 409 g/mol. The molecule has 4 aliphatic carbocycles. The Morgan fingerprint density at radius 2 is 1.76 bits per heavy atom. The largest absolute Gasteiger partial charge is 0.481 e. The Balaban J connectivity index is 1.61. The van der Waals surface area contributed by atoms with E-state index in [9.17, 15) is 20.1 Å². The standard InChI is InChI=1S/C24H40O5/c1-13(4-7-21(28)29)16-5-6-17-22-18(12-20(27)24(16,17)3)23(2)9-8-15(25)10-14(23)11-19(22)26/h13-20,22,25-27H,4-12H2,1-3H3,(H,28,29)/t13-,14+,15+,16-,17+,18?,19?,20+,22?,23+,24-/m1/s1. The van der Waals surface area contributed by atoms with Gasteiger partial charge in [0.1, 0.15) is 0 Å². The zero-order valence-electron chi connectivity index (χ0n) is 18.3. The predicted molar refractivity (Wildman–Crippen MR) is 110 cm³/mol. The van der Waals surface area contributed by atoms with E-state index < -0.39 is 12.1 Å². The number of hydrogen-bond acceptors (Lipinski definition) is 4. The molecule has 0 aromatic heterocycles. The molecule has 11 atom stereocenters. The molecule has 166 valence electrons. The van der Waals surface area contributed by atoms with E-state index >= 15 is 0 Å². The first-order valence-corrected chi connectivity index (χ1v) is 11.8. The highest BCUT2D eigenvalue weighted by atomic mass is 16.4.